The Labute approximate surface area is 120 Å². The van der Waals surface area contributed by atoms with Crippen LogP contribution in [0.4, 0.5) is 10.1 Å². The average Bonchev–Trinajstić information content (AvgIpc) is 3.17. The molecule has 1 aromatic carbocycles. The second-order valence-electron chi connectivity index (χ2n) is 4.71. The van der Waals surface area contributed by atoms with Crippen molar-refractivity contribution in [2.24, 2.45) is 5.92 Å². The number of benzene rings is 1. The van der Waals surface area contributed by atoms with Crippen LogP contribution in [-0.2, 0) is 9.59 Å². The van der Waals surface area contributed by atoms with E-state index in [-0.39, 0.29) is 23.2 Å². The number of halogens is 2. The monoisotopic (exact) mass is 300 g/mol. The van der Waals surface area contributed by atoms with E-state index in [1.54, 1.807) is 0 Å². The largest absolute Gasteiger partial charge is 0.480 e. The zero-order chi connectivity index (χ0) is 14.7. The Morgan fingerprint density at radius 2 is 2.15 bits per heavy atom. The number of anilines is 1. The molecule has 1 unspecified atom stereocenters. The molecule has 1 aliphatic rings. The Hall–Kier alpha value is -1.66. The smallest absolute Gasteiger partial charge is 0.320 e. The molecule has 3 N–H and O–H groups in total. The molecule has 7 heteroatoms. The van der Waals surface area contributed by atoms with E-state index in [1.807, 2.05) is 0 Å². The van der Waals surface area contributed by atoms with Gasteiger partial charge >= 0.3 is 5.97 Å². The molecule has 0 radical (unpaired) electrons. The molecule has 0 spiro atoms. The number of amides is 1. The summed E-state index contributed by atoms with van der Waals surface area (Å²) in [6.07, 6.45) is 1.69. The van der Waals surface area contributed by atoms with Crippen molar-refractivity contribution in [2.45, 2.75) is 18.9 Å². The van der Waals surface area contributed by atoms with E-state index >= 15 is 0 Å². The van der Waals surface area contributed by atoms with Crippen LogP contribution >= 0.6 is 11.6 Å². The van der Waals surface area contributed by atoms with Gasteiger partial charge < -0.3 is 10.4 Å². The van der Waals surface area contributed by atoms with Crippen LogP contribution in [0.25, 0.3) is 0 Å². The molecule has 0 saturated heterocycles. The van der Waals surface area contributed by atoms with Gasteiger partial charge in [-0.1, -0.05) is 11.6 Å². The first-order valence-corrected chi connectivity index (χ1v) is 6.56. The fourth-order valence-corrected chi connectivity index (χ4v) is 2.03. The van der Waals surface area contributed by atoms with Crippen molar-refractivity contribution < 1.29 is 19.1 Å². The van der Waals surface area contributed by atoms with Crippen molar-refractivity contribution >= 4 is 29.2 Å². The minimum absolute atomic E-state index is 0.0134. The first-order valence-electron chi connectivity index (χ1n) is 6.18. The molecule has 108 valence electrons. The molecular weight excluding hydrogens is 287 g/mol. The van der Waals surface area contributed by atoms with Gasteiger partial charge in [0.25, 0.3) is 0 Å². The average molecular weight is 301 g/mol. The third-order valence-corrected chi connectivity index (χ3v) is 3.28. The van der Waals surface area contributed by atoms with Gasteiger partial charge in [-0.25, -0.2) is 4.39 Å². The minimum Gasteiger partial charge on any atom is -0.480 e. The highest BCUT2D eigenvalue weighted by Gasteiger charge is 2.36. The van der Waals surface area contributed by atoms with Gasteiger partial charge in [-0.15, -0.1) is 0 Å². The number of carboxylic acid groups (broad SMARTS) is 1. The summed E-state index contributed by atoms with van der Waals surface area (Å²) < 4.78 is 13.5. The molecule has 0 aromatic heterocycles. The van der Waals surface area contributed by atoms with Gasteiger partial charge in [-0.05, 0) is 37.0 Å². The van der Waals surface area contributed by atoms with E-state index in [4.69, 9.17) is 16.7 Å². The highest BCUT2D eigenvalue weighted by atomic mass is 35.5. The van der Waals surface area contributed by atoms with Gasteiger partial charge in [0.1, 0.15) is 11.9 Å². The maximum atomic E-state index is 13.5. The topological polar surface area (TPSA) is 78.4 Å². The van der Waals surface area contributed by atoms with Crippen molar-refractivity contribution in [3.63, 3.8) is 0 Å². The lowest BCUT2D eigenvalue weighted by Crippen LogP contribution is -2.42. The number of rotatable bonds is 6. The summed E-state index contributed by atoms with van der Waals surface area (Å²) in [6.45, 7) is -0.185. The third kappa shape index (κ3) is 3.91. The van der Waals surface area contributed by atoms with Gasteiger partial charge in [-0.2, -0.15) is 0 Å². The van der Waals surface area contributed by atoms with Crippen molar-refractivity contribution in [1.82, 2.24) is 5.32 Å². The lowest BCUT2D eigenvalue weighted by molar-refractivity contribution is -0.140. The van der Waals surface area contributed by atoms with Gasteiger partial charge in [0.2, 0.25) is 5.91 Å². The van der Waals surface area contributed by atoms with Gasteiger partial charge in [0.05, 0.1) is 12.2 Å². The Kier molecular flexibility index (Phi) is 4.57. The predicted octanol–water partition coefficient (Wildman–Crippen LogP) is 1.87. The number of nitrogens with one attached hydrogen (secondary N) is 2. The van der Waals surface area contributed by atoms with E-state index in [1.165, 1.54) is 12.1 Å². The summed E-state index contributed by atoms with van der Waals surface area (Å²) in [6, 6.07) is 3.17. The SMILES string of the molecule is O=C(CNC(C(=O)O)C1CC1)Nc1ccc(Cl)cc1F. The number of carbonyl (C=O) groups excluding carboxylic acids is 1. The number of hydrogen-bond donors (Lipinski definition) is 3. The zero-order valence-corrected chi connectivity index (χ0v) is 11.3. The van der Waals surface area contributed by atoms with Gasteiger partial charge in [-0.3, -0.25) is 14.9 Å². The van der Waals surface area contributed by atoms with Crippen LogP contribution in [-0.4, -0.2) is 29.6 Å². The number of carboxylic acids is 1. The molecule has 1 amide bonds. The van der Waals surface area contributed by atoms with Crippen molar-refractivity contribution in [3.8, 4) is 0 Å². The van der Waals surface area contributed by atoms with Crippen LogP contribution in [0.5, 0.6) is 0 Å². The molecule has 5 nitrogen and oxygen atoms in total. The quantitative estimate of drug-likeness (QED) is 0.749. The molecule has 0 bridgehead atoms. The first-order chi connectivity index (χ1) is 9.47. The standard InChI is InChI=1S/C13H14ClFN2O3/c14-8-3-4-10(9(15)5-8)17-11(18)6-16-12(13(19)20)7-1-2-7/h3-5,7,12,16H,1-2,6H2,(H,17,18)(H,19,20). The maximum Gasteiger partial charge on any atom is 0.320 e. The molecule has 1 aliphatic carbocycles. The lowest BCUT2D eigenvalue weighted by atomic mass is 10.2. The zero-order valence-electron chi connectivity index (χ0n) is 10.5. The summed E-state index contributed by atoms with van der Waals surface area (Å²) in [5.41, 5.74) is 0.0134. The van der Waals surface area contributed by atoms with Crippen molar-refractivity contribution in [3.05, 3.63) is 29.0 Å². The fourth-order valence-electron chi connectivity index (χ4n) is 1.87. The first kappa shape index (κ1) is 14.7. The Balaban J connectivity index is 1.87. The second kappa shape index (κ2) is 6.19. The summed E-state index contributed by atoms with van der Waals surface area (Å²) in [5.74, 6) is -2.04. The summed E-state index contributed by atoms with van der Waals surface area (Å²) in [4.78, 5) is 22.6. The number of carbonyl (C=O) groups is 2. The number of aliphatic carboxylic acids is 1. The Morgan fingerprint density at radius 1 is 1.45 bits per heavy atom. The maximum absolute atomic E-state index is 13.5. The van der Waals surface area contributed by atoms with E-state index < -0.39 is 23.7 Å². The van der Waals surface area contributed by atoms with Gasteiger partial charge in [0, 0.05) is 5.02 Å². The van der Waals surface area contributed by atoms with E-state index in [9.17, 15) is 14.0 Å². The molecule has 1 aromatic rings. The third-order valence-electron chi connectivity index (χ3n) is 3.05. The van der Waals surface area contributed by atoms with Crippen LogP contribution < -0.4 is 10.6 Å². The molecular formula is C13H14ClFN2O3. The molecule has 2 rings (SSSR count). The van der Waals surface area contributed by atoms with E-state index in [0.29, 0.717) is 0 Å². The number of hydrogen-bond acceptors (Lipinski definition) is 3. The molecule has 20 heavy (non-hydrogen) atoms. The predicted molar refractivity (Wildman–Crippen MR) is 72.2 cm³/mol. The van der Waals surface area contributed by atoms with Crippen LogP contribution in [0.1, 0.15) is 12.8 Å². The minimum atomic E-state index is -0.974. The van der Waals surface area contributed by atoms with Crippen LogP contribution in [0.15, 0.2) is 18.2 Å². The molecule has 1 atom stereocenters. The Morgan fingerprint density at radius 3 is 2.70 bits per heavy atom. The van der Waals surface area contributed by atoms with Crippen molar-refractivity contribution in [1.29, 1.82) is 0 Å². The molecule has 1 fully saturated rings. The van der Waals surface area contributed by atoms with Crippen LogP contribution in [0.2, 0.25) is 5.02 Å². The normalized spacial score (nSPS) is 15.7. The van der Waals surface area contributed by atoms with E-state index in [2.05, 4.69) is 10.6 Å². The van der Waals surface area contributed by atoms with E-state index in [0.717, 1.165) is 18.9 Å². The summed E-state index contributed by atoms with van der Waals surface area (Å²) >= 11 is 5.60. The fraction of sp³-hybridized carbons (Fsp3) is 0.385. The summed E-state index contributed by atoms with van der Waals surface area (Å²) in [5, 5.41) is 14.3. The van der Waals surface area contributed by atoms with Crippen molar-refractivity contribution in [2.75, 3.05) is 11.9 Å². The van der Waals surface area contributed by atoms with Crippen LogP contribution in [0.3, 0.4) is 0 Å². The summed E-state index contributed by atoms with van der Waals surface area (Å²) in [7, 11) is 0. The highest BCUT2D eigenvalue weighted by molar-refractivity contribution is 6.30. The molecule has 0 heterocycles. The molecule has 1 saturated carbocycles. The van der Waals surface area contributed by atoms with Crippen LogP contribution in [0, 0.1) is 11.7 Å². The highest BCUT2D eigenvalue weighted by Crippen LogP contribution is 2.32. The lowest BCUT2D eigenvalue weighted by Gasteiger charge is -2.13. The Bertz CT molecular complexity index is 534. The molecule has 0 aliphatic heterocycles. The second-order valence-corrected chi connectivity index (χ2v) is 5.14. The van der Waals surface area contributed by atoms with Gasteiger partial charge in [0.15, 0.2) is 0 Å².